The highest BCUT2D eigenvalue weighted by atomic mass is 79.9. The summed E-state index contributed by atoms with van der Waals surface area (Å²) < 4.78 is 0.977. The fourth-order valence-electron chi connectivity index (χ4n) is 2.11. The van der Waals surface area contributed by atoms with E-state index >= 15 is 0 Å². The summed E-state index contributed by atoms with van der Waals surface area (Å²) in [5.74, 6) is 0. The molecule has 1 aliphatic rings. The van der Waals surface area contributed by atoms with E-state index in [0.29, 0.717) is 12.0 Å². The van der Waals surface area contributed by atoms with Crippen molar-refractivity contribution in [1.82, 2.24) is 0 Å². The molecule has 0 heterocycles. The molecule has 2 nitrogen and oxygen atoms in total. The Bertz CT molecular complexity index is 424. The Labute approximate surface area is 91.1 Å². The topological polar surface area (TPSA) is 37.3 Å². The Morgan fingerprint density at radius 2 is 2.07 bits per heavy atom. The van der Waals surface area contributed by atoms with Gasteiger partial charge in [0.1, 0.15) is 0 Å². The molecule has 1 aliphatic carbocycles. The van der Waals surface area contributed by atoms with Crippen molar-refractivity contribution in [3.63, 3.8) is 0 Å². The van der Waals surface area contributed by atoms with Gasteiger partial charge in [-0.25, -0.2) is 0 Å². The van der Waals surface area contributed by atoms with Crippen LogP contribution >= 0.6 is 15.9 Å². The fourth-order valence-corrected chi connectivity index (χ4v) is 2.70. The minimum atomic E-state index is -0.388. The van der Waals surface area contributed by atoms with Crippen molar-refractivity contribution in [2.45, 2.75) is 26.4 Å². The molecule has 0 fully saturated rings. The summed E-state index contributed by atoms with van der Waals surface area (Å²) >= 11 is 3.46. The summed E-state index contributed by atoms with van der Waals surface area (Å²) in [5.41, 5.74) is 4.69. The summed E-state index contributed by atoms with van der Waals surface area (Å²) in [6.45, 7) is 3.82. The predicted octanol–water partition coefficient (Wildman–Crippen LogP) is 2.47. The van der Waals surface area contributed by atoms with E-state index in [1.807, 2.05) is 13.8 Å². The number of carbonyl (C=O) groups is 1. The Morgan fingerprint density at radius 3 is 2.57 bits per heavy atom. The van der Waals surface area contributed by atoms with Crippen LogP contribution in [0.25, 0.3) is 0 Å². The van der Waals surface area contributed by atoms with Crippen LogP contribution in [0.15, 0.2) is 4.47 Å². The maximum atomic E-state index is 10.9. The zero-order valence-corrected chi connectivity index (χ0v) is 9.68. The van der Waals surface area contributed by atoms with Gasteiger partial charge in [0.25, 0.3) is 0 Å². The third-order valence-corrected chi connectivity index (χ3v) is 4.05. The lowest BCUT2D eigenvalue weighted by Gasteiger charge is -2.31. The average Bonchev–Trinajstić information content (AvgIpc) is 2.12. The molecule has 0 aliphatic heterocycles. The summed E-state index contributed by atoms with van der Waals surface area (Å²) in [4.78, 5) is 10.9. The third-order valence-electron chi connectivity index (χ3n) is 2.98. The van der Waals surface area contributed by atoms with E-state index < -0.39 is 0 Å². The average molecular weight is 255 g/mol. The van der Waals surface area contributed by atoms with E-state index in [-0.39, 0.29) is 6.10 Å². The second-order valence-corrected chi connectivity index (χ2v) is 4.50. The van der Waals surface area contributed by atoms with Gasteiger partial charge in [-0.15, -0.1) is 0 Å². The first kappa shape index (κ1) is 9.87. The Balaban J connectivity index is 2.77. The molecule has 0 aromatic heterocycles. The van der Waals surface area contributed by atoms with Gasteiger partial charge in [-0.1, -0.05) is 15.9 Å². The van der Waals surface area contributed by atoms with E-state index in [2.05, 4.69) is 15.9 Å². The second-order valence-electron chi connectivity index (χ2n) is 3.71. The van der Waals surface area contributed by atoms with Crippen LogP contribution in [0.1, 0.15) is 38.7 Å². The predicted molar refractivity (Wildman–Crippen MR) is 57.7 cm³/mol. The van der Waals surface area contributed by atoms with Crippen molar-refractivity contribution in [1.29, 1.82) is 0 Å². The molecule has 0 bridgehead atoms. The smallest absolute Gasteiger partial charge is 0.150 e. The molecular weight excluding hydrogens is 244 g/mol. The number of aliphatic hydroxyl groups is 1. The van der Waals surface area contributed by atoms with Crippen LogP contribution in [0.3, 0.4) is 0 Å². The van der Waals surface area contributed by atoms with Gasteiger partial charge < -0.3 is 5.11 Å². The zero-order chi connectivity index (χ0) is 10.5. The highest BCUT2D eigenvalue weighted by Gasteiger charge is 2.31. The van der Waals surface area contributed by atoms with Crippen LogP contribution in [0.5, 0.6) is 0 Å². The van der Waals surface area contributed by atoms with Crippen molar-refractivity contribution < 1.29 is 9.90 Å². The first-order valence-corrected chi connectivity index (χ1v) is 5.32. The van der Waals surface area contributed by atoms with E-state index in [4.69, 9.17) is 0 Å². The number of halogens is 1. The molecule has 0 saturated heterocycles. The Kier molecular flexibility index (Phi) is 2.24. The molecule has 0 saturated carbocycles. The maximum absolute atomic E-state index is 10.9. The van der Waals surface area contributed by atoms with Crippen molar-refractivity contribution in [3.05, 3.63) is 32.3 Å². The molecule has 1 atom stereocenters. The number of hydrogen-bond acceptors (Lipinski definition) is 2. The van der Waals surface area contributed by atoms with Crippen molar-refractivity contribution in [3.8, 4) is 0 Å². The number of fused-ring (bicyclic) bond motifs is 1. The van der Waals surface area contributed by atoms with Crippen LogP contribution in [0, 0.1) is 13.8 Å². The molecule has 1 aromatic carbocycles. The van der Waals surface area contributed by atoms with Crippen LogP contribution < -0.4 is 0 Å². The lowest BCUT2D eigenvalue weighted by molar-refractivity contribution is 0.112. The van der Waals surface area contributed by atoms with E-state index in [1.54, 1.807) is 0 Å². The minimum Gasteiger partial charge on any atom is -0.388 e. The van der Waals surface area contributed by atoms with E-state index in [9.17, 15) is 9.90 Å². The number of aldehydes is 1. The quantitative estimate of drug-likeness (QED) is 0.782. The molecule has 1 unspecified atom stereocenters. The molecule has 2 rings (SSSR count). The summed E-state index contributed by atoms with van der Waals surface area (Å²) in [6.07, 6.45) is 1.16. The molecule has 3 heteroatoms. The van der Waals surface area contributed by atoms with Crippen LogP contribution in [0.2, 0.25) is 0 Å². The third kappa shape index (κ3) is 1.09. The molecule has 14 heavy (non-hydrogen) atoms. The van der Waals surface area contributed by atoms with Gasteiger partial charge in [0, 0.05) is 16.5 Å². The first-order chi connectivity index (χ1) is 6.57. The summed E-state index contributed by atoms with van der Waals surface area (Å²) in [7, 11) is 0. The lowest BCUT2D eigenvalue weighted by atomic mass is 9.79. The number of hydrogen-bond donors (Lipinski definition) is 1. The van der Waals surface area contributed by atoms with Crippen molar-refractivity contribution in [2.24, 2.45) is 0 Å². The number of rotatable bonds is 1. The standard InChI is InChI=1S/C11H11BrO2/c1-5-8(4-13)6(2)11(12)7-3-9(14)10(5)7/h4,9,14H,3H2,1-2H3. The van der Waals surface area contributed by atoms with Gasteiger partial charge in [0.15, 0.2) is 6.29 Å². The fraction of sp³-hybridized carbons (Fsp3) is 0.364. The highest BCUT2D eigenvalue weighted by Crippen LogP contribution is 2.43. The summed E-state index contributed by atoms with van der Waals surface area (Å²) in [5, 5.41) is 9.58. The molecule has 0 radical (unpaired) electrons. The van der Waals surface area contributed by atoms with Gasteiger partial charge in [-0.2, -0.15) is 0 Å². The number of carbonyl (C=O) groups excluding carboxylic acids is 1. The normalized spacial score (nSPS) is 18.7. The number of aliphatic hydroxyl groups excluding tert-OH is 1. The van der Waals surface area contributed by atoms with Crippen LogP contribution in [-0.4, -0.2) is 11.4 Å². The van der Waals surface area contributed by atoms with E-state index in [1.165, 1.54) is 0 Å². The lowest BCUT2D eigenvalue weighted by Crippen LogP contribution is -2.21. The van der Waals surface area contributed by atoms with Gasteiger partial charge in [0.05, 0.1) is 6.10 Å². The van der Waals surface area contributed by atoms with Crippen molar-refractivity contribution in [2.75, 3.05) is 0 Å². The molecule has 0 spiro atoms. The van der Waals surface area contributed by atoms with E-state index in [0.717, 1.165) is 33.0 Å². The first-order valence-electron chi connectivity index (χ1n) is 4.52. The van der Waals surface area contributed by atoms with Crippen molar-refractivity contribution >= 4 is 22.2 Å². The SMILES string of the molecule is Cc1c(Br)c2c(c(C)c1C=O)C(O)C2. The zero-order valence-electron chi connectivity index (χ0n) is 8.10. The molecule has 74 valence electrons. The second kappa shape index (κ2) is 3.17. The molecular formula is C11H11BrO2. The maximum Gasteiger partial charge on any atom is 0.150 e. The molecule has 1 aromatic rings. The van der Waals surface area contributed by atoms with Gasteiger partial charge in [-0.3, -0.25) is 4.79 Å². The largest absolute Gasteiger partial charge is 0.388 e. The van der Waals surface area contributed by atoms with Crippen LogP contribution in [-0.2, 0) is 6.42 Å². The highest BCUT2D eigenvalue weighted by molar-refractivity contribution is 9.10. The minimum absolute atomic E-state index is 0.388. The Hall–Kier alpha value is -0.670. The number of benzene rings is 1. The van der Waals surface area contributed by atoms with Gasteiger partial charge in [0.2, 0.25) is 0 Å². The Morgan fingerprint density at radius 1 is 1.43 bits per heavy atom. The molecule has 0 amide bonds. The summed E-state index contributed by atoms with van der Waals surface area (Å²) in [6, 6.07) is 0. The monoisotopic (exact) mass is 254 g/mol. The molecule has 1 N–H and O–H groups in total. The van der Waals surface area contributed by atoms with Crippen LogP contribution in [0.4, 0.5) is 0 Å². The van der Waals surface area contributed by atoms with Gasteiger partial charge >= 0.3 is 0 Å². The van der Waals surface area contributed by atoms with Gasteiger partial charge in [-0.05, 0) is 36.1 Å².